The molecule has 0 aliphatic carbocycles. The minimum Gasteiger partial charge on any atom is -0.455 e. The highest BCUT2D eigenvalue weighted by Crippen LogP contribution is 2.23. The first kappa shape index (κ1) is 26.9. The number of hydrogen-bond acceptors (Lipinski definition) is 8. The van der Waals surface area contributed by atoms with Gasteiger partial charge < -0.3 is 19.2 Å². The number of amides is 1. The molecule has 0 saturated carbocycles. The summed E-state index contributed by atoms with van der Waals surface area (Å²) in [7, 11) is 1.61. The van der Waals surface area contributed by atoms with Gasteiger partial charge in [0.15, 0.2) is 0 Å². The smallest absolute Gasteiger partial charge is 0.410 e. The summed E-state index contributed by atoms with van der Waals surface area (Å²) < 4.78 is 12.4. The zero-order valence-corrected chi connectivity index (χ0v) is 22.0. The van der Waals surface area contributed by atoms with E-state index >= 15 is 0 Å². The van der Waals surface area contributed by atoms with E-state index in [9.17, 15) is 19.5 Å². The lowest BCUT2D eigenvalue weighted by molar-refractivity contribution is 0.0186. The van der Waals surface area contributed by atoms with Crippen LogP contribution in [0.15, 0.2) is 61.6 Å². The van der Waals surface area contributed by atoms with Crippen molar-refractivity contribution >= 4 is 18.1 Å². The van der Waals surface area contributed by atoms with E-state index in [1.807, 2.05) is 51.1 Å². The SMILES string of the molecule is CN(/N=C/c1ccc(-c2ccc(CO)cc2)o1)c1cc(=O)n(C2CCN(C(=O)OC(C)(C)C)CC2)c(=O)[nH]1. The molecule has 1 saturated heterocycles. The number of ether oxygens (including phenoxy) is 1. The second-order valence-electron chi connectivity index (χ2n) is 10.2. The van der Waals surface area contributed by atoms with E-state index in [2.05, 4.69) is 10.1 Å². The van der Waals surface area contributed by atoms with Gasteiger partial charge in [-0.1, -0.05) is 24.3 Å². The zero-order chi connectivity index (χ0) is 27.4. The van der Waals surface area contributed by atoms with Crippen molar-refractivity contribution in [2.24, 2.45) is 5.10 Å². The molecule has 0 atom stereocenters. The highest BCUT2D eigenvalue weighted by Gasteiger charge is 2.29. The van der Waals surface area contributed by atoms with E-state index < -0.39 is 22.9 Å². The average molecular weight is 524 g/mol. The van der Waals surface area contributed by atoms with E-state index in [0.29, 0.717) is 37.5 Å². The Kier molecular flexibility index (Phi) is 7.86. The molecule has 2 N–H and O–H groups in total. The lowest BCUT2D eigenvalue weighted by Gasteiger charge is -2.33. The van der Waals surface area contributed by atoms with Gasteiger partial charge in [-0.3, -0.25) is 19.4 Å². The number of hydrogen-bond donors (Lipinski definition) is 2. The van der Waals surface area contributed by atoms with Gasteiger partial charge in [0, 0.05) is 37.8 Å². The first-order valence-electron chi connectivity index (χ1n) is 12.5. The van der Waals surface area contributed by atoms with Crippen molar-refractivity contribution in [2.45, 2.75) is 51.9 Å². The van der Waals surface area contributed by atoms with E-state index in [1.165, 1.54) is 21.9 Å². The molecular weight excluding hydrogens is 490 g/mol. The number of aliphatic hydroxyl groups is 1. The maximum absolute atomic E-state index is 12.9. The molecule has 4 rings (SSSR count). The first-order chi connectivity index (χ1) is 18.0. The van der Waals surface area contributed by atoms with E-state index in [4.69, 9.17) is 9.15 Å². The van der Waals surface area contributed by atoms with Crippen molar-refractivity contribution in [3.05, 3.63) is 74.6 Å². The number of likely N-dealkylation sites (tertiary alicyclic amines) is 1. The average Bonchev–Trinajstić information content (AvgIpc) is 3.35. The van der Waals surface area contributed by atoms with Crippen LogP contribution in [-0.4, -0.2) is 57.6 Å². The summed E-state index contributed by atoms with van der Waals surface area (Å²) in [6.45, 7) is 6.20. The molecule has 11 heteroatoms. The van der Waals surface area contributed by atoms with Gasteiger partial charge in [-0.05, 0) is 51.3 Å². The van der Waals surface area contributed by atoms with Gasteiger partial charge in [-0.15, -0.1) is 0 Å². The minimum atomic E-state index is -0.585. The fourth-order valence-electron chi connectivity index (χ4n) is 4.20. The summed E-state index contributed by atoms with van der Waals surface area (Å²) in [4.78, 5) is 42.3. The third-order valence-electron chi connectivity index (χ3n) is 6.19. The van der Waals surface area contributed by atoms with Crippen LogP contribution in [0.2, 0.25) is 0 Å². The minimum absolute atomic E-state index is 0.0251. The molecule has 11 nitrogen and oxygen atoms in total. The van der Waals surface area contributed by atoms with Crippen LogP contribution >= 0.6 is 0 Å². The maximum atomic E-state index is 12.9. The molecule has 3 heterocycles. The Morgan fingerprint density at radius 1 is 1.18 bits per heavy atom. The quantitative estimate of drug-likeness (QED) is 0.374. The van der Waals surface area contributed by atoms with Gasteiger partial charge in [0.25, 0.3) is 5.56 Å². The van der Waals surface area contributed by atoms with Gasteiger partial charge in [0.05, 0.1) is 12.8 Å². The summed E-state index contributed by atoms with van der Waals surface area (Å²) in [5, 5.41) is 14.9. The van der Waals surface area contributed by atoms with Gasteiger partial charge in [-0.2, -0.15) is 5.10 Å². The highest BCUT2D eigenvalue weighted by atomic mass is 16.6. The van der Waals surface area contributed by atoms with Gasteiger partial charge in [-0.25, -0.2) is 9.59 Å². The molecule has 2 aromatic heterocycles. The largest absolute Gasteiger partial charge is 0.455 e. The normalized spacial score (nSPS) is 14.7. The second-order valence-corrected chi connectivity index (χ2v) is 10.2. The fraction of sp³-hybridized carbons (Fsp3) is 0.407. The standard InChI is InChI=1S/C27H33N5O6/c1-27(2,3)38-26(36)31-13-11-20(12-14-31)32-24(34)15-23(29-25(32)35)30(4)28-16-21-9-10-22(37-21)19-7-5-18(17-33)6-8-19/h5-10,15-16,20,33H,11-14,17H2,1-4H3,(H,29,35)/b28-16+. The number of nitrogens with zero attached hydrogens (tertiary/aromatic N) is 4. The number of anilines is 1. The molecule has 0 radical (unpaired) electrons. The maximum Gasteiger partial charge on any atom is 0.410 e. The predicted octanol–water partition coefficient (Wildman–Crippen LogP) is 3.33. The van der Waals surface area contributed by atoms with Crippen LogP contribution in [0.4, 0.5) is 10.6 Å². The summed E-state index contributed by atoms with van der Waals surface area (Å²) in [6, 6.07) is 11.9. The lowest BCUT2D eigenvalue weighted by atomic mass is 10.1. The molecule has 0 bridgehead atoms. The Bertz CT molecular complexity index is 1370. The van der Waals surface area contributed by atoms with Crippen LogP contribution in [0.25, 0.3) is 11.3 Å². The number of aliphatic hydroxyl groups excluding tert-OH is 1. The number of aromatic amines is 1. The van der Waals surface area contributed by atoms with Gasteiger partial charge in [0.1, 0.15) is 22.9 Å². The number of piperidine rings is 1. The van der Waals surface area contributed by atoms with Crippen molar-refractivity contribution in [2.75, 3.05) is 25.1 Å². The number of furan rings is 1. The number of carbonyl (C=O) groups is 1. The zero-order valence-electron chi connectivity index (χ0n) is 22.0. The van der Waals surface area contributed by atoms with Crippen LogP contribution in [0, 0.1) is 0 Å². The van der Waals surface area contributed by atoms with Crippen LogP contribution < -0.4 is 16.3 Å². The Hall–Kier alpha value is -4.12. The molecule has 0 spiro atoms. The fourth-order valence-corrected chi connectivity index (χ4v) is 4.20. The van der Waals surface area contributed by atoms with Crippen molar-refractivity contribution in [1.29, 1.82) is 0 Å². The third-order valence-corrected chi connectivity index (χ3v) is 6.19. The summed E-state index contributed by atoms with van der Waals surface area (Å²) in [6.07, 6.45) is 2.04. The number of benzene rings is 1. The van der Waals surface area contributed by atoms with Crippen molar-refractivity contribution < 1.29 is 19.1 Å². The molecule has 1 aromatic carbocycles. The summed E-state index contributed by atoms with van der Waals surface area (Å²) in [5.41, 5.74) is 0.120. The number of nitrogens with one attached hydrogen (secondary N) is 1. The topological polar surface area (TPSA) is 133 Å². The van der Waals surface area contributed by atoms with E-state index in [1.54, 1.807) is 18.0 Å². The van der Waals surface area contributed by atoms with Crippen molar-refractivity contribution in [1.82, 2.24) is 14.5 Å². The van der Waals surface area contributed by atoms with E-state index in [0.717, 1.165) is 11.1 Å². The summed E-state index contributed by atoms with van der Waals surface area (Å²) in [5.74, 6) is 1.38. The molecular formula is C27H33N5O6. The predicted molar refractivity (Wildman–Crippen MR) is 143 cm³/mol. The molecule has 3 aromatic rings. The van der Waals surface area contributed by atoms with Crippen LogP contribution in [0.5, 0.6) is 0 Å². The Labute approximate surface area is 220 Å². The third kappa shape index (κ3) is 6.41. The Balaban J connectivity index is 1.41. The number of aromatic nitrogens is 2. The first-order valence-corrected chi connectivity index (χ1v) is 12.5. The molecule has 1 amide bonds. The van der Waals surface area contributed by atoms with Gasteiger partial charge in [0.2, 0.25) is 0 Å². The molecule has 1 fully saturated rings. The number of rotatable bonds is 6. The number of H-pyrrole nitrogens is 1. The van der Waals surface area contributed by atoms with Gasteiger partial charge >= 0.3 is 11.8 Å². The molecule has 202 valence electrons. The molecule has 0 unspecified atom stereocenters. The van der Waals surface area contributed by atoms with Crippen LogP contribution in [0.3, 0.4) is 0 Å². The Morgan fingerprint density at radius 2 is 1.87 bits per heavy atom. The second kappa shape index (κ2) is 11.1. The van der Waals surface area contributed by atoms with Crippen LogP contribution in [-0.2, 0) is 11.3 Å². The monoisotopic (exact) mass is 523 g/mol. The lowest BCUT2D eigenvalue weighted by Crippen LogP contribution is -2.46. The van der Waals surface area contributed by atoms with Crippen molar-refractivity contribution in [3.8, 4) is 11.3 Å². The van der Waals surface area contributed by atoms with Crippen molar-refractivity contribution in [3.63, 3.8) is 0 Å². The highest BCUT2D eigenvalue weighted by molar-refractivity contribution is 5.78. The summed E-state index contributed by atoms with van der Waals surface area (Å²) >= 11 is 0. The number of carbonyl (C=O) groups excluding carboxylic acids is 1. The van der Waals surface area contributed by atoms with E-state index in [-0.39, 0.29) is 18.5 Å². The van der Waals surface area contributed by atoms with Crippen LogP contribution in [0.1, 0.15) is 51.0 Å². The Morgan fingerprint density at radius 3 is 2.47 bits per heavy atom. The molecule has 1 aliphatic heterocycles. The number of hydrazone groups is 1. The molecule has 1 aliphatic rings. The molecule has 38 heavy (non-hydrogen) atoms.